The summed E-state index contributed by atoms with van der Waals surface area (Å²) in [5.74, 6) is 0.263. The fourth-order valence-corrected chi connectivity index (χ4v) is 0.819. The number of carbonyl (C=O) groups excluding carboxylic acids is 1. The van der Waals surface area contributed by atoms with Crippen molar-refractivity contribution in [2.24, 2.45) is 0 Å². The lowest BCUT2D eigenvalue weighted by Crippen LogP contribution is -2.04. The fourth-order valence-electron chi connectivity index (χ4n) is 0.819. The highest BCUT2D eigenvalue weighted by molar-refractivity contribution is 5.87. The summed E-state index contributed by atoms with van der Waals surface area (Å²) >= 11 is 0. The summed E-state index contributed by atoms with van der Waals surface area (Å²) in [5.41, 5.74) is 0.411. The summed E-state index contributed by atoms with van der Waals surface area (Å²) in [6.07, 6.45) is 1.60. The smallest absolute Gasteiger partial charge is 0.354 e. The van der Waals surface area contributed by atoms with Gasteiger partial charge >= 0.3 is 5.97 Å². The molecule has 0 bridgehead atoms. The van der Waals surface area contributed by atoms with Crippen molar-refractivity contribution in [2.45, 2.75) is 6.92 Å². The predicted molar refractivity (Wildman–Crippen MR) is 43.3 cm³/mol. The number of H-pyrrole nitrogens is 1. The molecule has 0 saturated heterocycles. The van der Waals surface area contributed by atoms with Gasteiger partial charge in [0.2, 0.25) is 0 Å². The standard InChI is InChI=1S/C8H11NO3/c1-3-12-8(10)7-4-6(11-2)5-9-7/h4-5,9H,3H2,1-2H3. The number of hydrogen-bond acceptors (Lipinski definition) is 3. The van der Waals surface area contributed by atoms with Crippen molar-refractivity contribution in [3.63, 3.8) is 0 Å². The molecule has 0 amide bonds. The Kier molecular flexibility index (Phi) is 2.74. The first-order valence-corrected chi connectivity index (χ1v) is 3.67. The topological polar surface area (TPSA) is 51.3 Å². The lowest BCUT2D eigenvalue weighted by atomic mass is 10.4. The number of ether oxygens (including phenoxy) is 2. The van der Waals surface area contributed by atoms with Crippen molar-refractivity contribution in [3.8, 4) is 5.75 Å². The molecule has 1 aromatic heterocycles. The molecule has 4 heteroatoms. The lowest BCUT2D eigenvalue weighted by Gasteiger charge is -1.96. The summed E-state index contributed by atoms with van der Waals surface area (Å²) < 4.78 is 9.64. The first kappa shape index (κ1) is 8.64. The maximum absolute atomic E-state index is 11.1. The minimum absolute atomic E-state index is 0.360. The third-order valence-electron chi connectivity index (χ3n) is 1.39. The van der Waals surface area contributed by atoms with E-state index in [4.69, 9.17) is 9.47 Å². The summed E-state index contributed by atoms with van der Waals surface area (Å²) in [4.78, 5) is 13.8. The van der Waals surface area contributed by atoms with Crippen LogP contribution in [0.15, 0.2) is 12.3 Å². The van der Waals surface area contributed by atoms with Crippen LogP contribution >= 0.6 is 0 Å². The monoisotopic (exact) mass is 169 g/mol. The average molecular weight is 169 g/mol. The minimum Gasteiger partial charge on any atom is -0.495 e. The Morgan fingerprint density at radius 3 is 2.92 bits per heavy atom. The van der Waals surface area contributed by atoms with Crippen LogP contribution in [-0.4, -0.2) is 24.7 Å². The Labute approximate surface area is 70.5 Å². The van der Waals surface area contributed by atoms with Crippen LogP contribution in [0.2, 0.25) is 0 Å². The summed E-state index contributed by atoms with van der Waals surface area (Å²) in [6.45, 7) is 2.14. The second-order valence-electron chi connectivity index (χ2n) is 2.17. The molecule has 0 radical (unpaired) electrons. The second kappa shape index (κ2) is 3.80. The summed E-state index contributed by atoms with van der Waals surface area (Å²) in [5, 5.41) is 0. The van der Waals surface area contributed by atoms with E-state index < -0.39 is 0 Å². The molecule has 66 valence electrons. The van der Waals surface area contributed by atoms with E-state index in [9.17, 15) is 4.79 Å². The van der Waals surface area contributed by atoms with Gasteiger partial charge in [-0.15, -0.1) is 0 Å². The molecule has 0 aliphatic carbocycles. The Hall–Kier alpha value is -1.45. The zero-order valence-corrected chi connectivity index (χ0v) is 7.09. The van der Waals surface area contributed by atoms with Crippen molar-refractivity contribution in [1.29, 1.82) is 0 Å². The quantitative estimate of drug-likeness (QED) is 0.691. The van der Waals surface area contributed by atoms with Gasteiger partial charge in [0.1, 0.15) is 11.4 Å². The molecule has 1 rings (SSSR count). The third-order valence-corrected chi connectivity index (χ3v) is 1.39. The Morgan fingerprint density at radius 2 is 2.42 bits per heavy atom. The number of carbonyl (C=O) groups is 1. The van der Waals surface area contributed by atoms with Gasteiger partial charge in [0.05, 0.1) is 13.7 Å². The lowest BCUT2D eigenvalue weighted by molar-refractivity contribution is 0.0520. The molecule has 1 N–H and O–H groups in total. The molecule has 0 unspecified atom stereocenters. The highest BCUT2D eigenvalue weighted by Gasteiger charge is 2.08. The van der Waals surface area contributed by atoms with Gasteiger partial charge < -0.3 is 14.5 Å². The van der Waals surface area contributed by atoms with E-state index in [-0.39, 0.29) is 5.97 Å². The first-order chi connectivity index (χ1) is 5.77. The maximum Gasteiger partial charge on any atom is 0.354 e. The number of esters is 1. The zero-order valence-electron chi connectivity index (χ0n) is 7.09. The first-order valence-electron chi connectivity index (χ1n) is 3.67. The van der Waals surface area contributed by atoms with E-state index in [1.54, 1.807) is 19.2 Å². The van der Waals surface area contributed by atoms with Crippen LogP contribution < -0.4 is 4.74 Å². The van der Waals surface area contributed by atoms with Crippen LogP contribution in [0.5, 0.6) is 5.75 Å². The van der Waals surface area contributed by atoms with Crippen LogP contribution in [-0.2, 0) is 4.74 Å². The SMILES string of the molecule is CCOC(=O)c1cc(OC)c[nH]1. The van der Waals surface area contributed by atoms with E-state index >= 15 is 0 Å². The van der Waals surface area contributed by atoms with Crippen LogP contribution in [0.25, 0.3) is 0 Å². The molecule has 1 heterocycles. The van der Waals surface area contributed by atoms with Gasteiger partial charge in [0.25, 0.3) is 0 Å². The Balaban J connectivity index is 2.68. The van der Waals surface area contributed by atoms with Gasteiger partial charge in [0.15, 0.2) is 0 Å². The van der Waals surface area contributed by atoms with Crippen LogP contribution in [0, 0.1) is 0 Å². The van der Waals surface area contributed by atoms with E-state index in [2.05, 4.69) is 4.98 Å². The Bertz CT molecular complexity index is 267. The normalized spacial score (nSPS) is 9.50. The van der Waals surface area contributed by atoms with Gasteiger partial charge in [0, 0.05) is 12.3 Å². The number of methoxy groups -OCH3 is 1. The molecule has 0 spiro atoms. The molecule has 0 atom stereocenters. The molecule has 0 aliphatic rings. The van der Waals surface area contributed by atoms with Crippen molar-refractivity contribution in [1.82, 2.24) is 4.98 Å². The molecule has 1 aromatic rings. The number of nitrogens with one attached hydrogen (secondary N) is 1. The Morgan fingerprint density at radius 1 is 1.67 bits per heavy atom. The van der Waals surface area contributed by atoms with Crippen molar-refractivity contribution < 1.29 is 14.3 Å². The highest BCUT2D eigenvalue weighted by atomic mass is 16.5. The van der Waals surface area contributed by atoms with Crippen LogP contribution in [0.1, 0.15) is 17.4 Å². The average Bonchev–Trinajstić information content (AvgIpc) is 2.52. The molecule has 12 heavy (non-hydrogen) atoms. The van der Waals surface area contributed by atoms with Gasteiger partial charge in [-0.3, -0.25) is 0 Å². The van der Waals surface area contributed by atoms with Gasteiger partial charge in [-0.05, 0) is 6.92 Å². The molecule has 4 nitrogen and oxygen atoms in total. The number of aromatic amines is 1. The van der Waals surface area contributed by atoms with Crippen molar-refractivity contribution >= 4 is 5.97 Å². The molecule has 0 aliphatic heterocycles. The van der Waals surface area contributed by atoms with Crippen LogP contribution in [0.3, 0.4) is 0 Å². The number of rotatable bonds is 3. The fraction of sp³-hybridized carbons (Fsp3) is 0.375. The largest absolute Gasteiger partial charge is 0.495 e. The van der Waals surface area contributed by atoms with Gasteiger partial charge in [-0.1, -0.05) is 0 Å². The number of aromatic nitrogens is 1. The highest BCUT2D eigenvalue weighted by Crippen LogP contribution is 2.11. The molecule has 0 saturated carbocycles. The van der Waals surface area contributed by atoms with E-state index in [1.165, 1.54) is 7.11 Å². The van der Waals surface area contributed by atoms with Crippen molar-refractivity contribution in [2.75, 3.05) is 13.7 Å². The summed E-state index contributed by atoms with van der Waals surface area (Å²) in [7, 11) is 1.54. The van der Waals surface area contributed by atoms with Crippen molar-refractivity contribution in [3.05, 3.63) is 18.0 Å². The molecular weight excluding hydrogens is 158 g/mol. The molecular formula is C8H11NO3. The molecule has 0 aromatic carbocycles. The van der Waals surface area contributed by atoms with E-state index in [0.29, 0.717) is 18.1 Å². The number of hydrogen-bond donors (Lipinski definition) is 1. The minimum atomic E-state index is -0.360. The van der Waals surface area contributed by atoms with Gasteiger partial charge in [-0.25, -0.2) is 4.79 Å². The predicted octanol–water partition coefficient (Wildman–Crippen LogP) is 1.20. The van der Waals surface area contributed by atoms with Gasteiger partial charge in [-0.2, -0.15) is 0 Å². The van der Waals surface area contributed by atoms with Crippen LogP contribution in [0.4, 0.5) is 0 Å². The maximum atomic E-state index is 11.1. The van der Waals surface area contributed by atoms with E-state index in [0.717, 1.165) is 0 Å². The zero-order chi connectivity index (χ0) is 8.97. The summed E-state index contributed by atoms with van der Waals surface area (Å²) in [6, 6.07) is 1.60. The third kappa shape index (κ3) is 1.78. The second-order valence-corrected chi connectivity index (χ2v) is 2.17. The van der Waals surface area contributed by atoms with E-state index in [1.807, 2.05) is 0 Å². The molecule has 0 fully saturated rings.